The summed E-state index contributed by atoms with van der Waals surface area (Å²) < 4.78 is 36.0. The highest BCUT2D eigenvalue weighted by Gasteiger charge is 2.18. The molecule has 0 atom stereocenters. The molecule has 0 heterocycles. The van der Waals surface area contributed by atoms with Crippen LogP contribution in [0.15, 0.2) is 17.0 Å². The number of aliphatic hydroxyl groups is 1. The molecule has 1 aromatic carbocycles. The van der Waals surface area contributed by atoms with Gasteiger partial charge in [-0.05, 0) is 30.5 Å². The average Bonchev–Trinajstić information content (AvgIpc) is 2.11. The summed E-state index contributed by atoms with van der Waals surface area (Å²) in [6.45, 7) is -0.00688. The third-order valence-electron chi connectivity index (χ3n) is 2.05. The van der Waals surface area contributed by atoms with Gasteiger partial charge in [-0.1, -0.05) is 11.6 Å². The lowest BCUT2D eigenvalue weighted by molar-refractivity contribution is 0.288. The summed E-state index contributed by atoms with van der Waals surface area (Å²) in [5.41, 5.74) is 0.573. The lowest BCUT2D eigenvalue weighted by Gasteiger charge is -2.07. The molecule has 0 saturated heterocycles. The van der Waals surface area contributed by atoms with Gasteiger partial charge in [0.2, 0.25) is 0 Å². The summed E-state index contributed by atoms with van der Waals surface area (Å²) >= 11 is 5.72. The van der Waals surface area contributed by atoms with Gasteiger partial charge >= 0.3 is 0 Å². The molecule has 0 aliphatic carbocycles. The first-order chi connectivity index (χ1) is 7.36. The van der Waals surface area contributed by atoms with Crippen LogP contribution in [-0.2, 0) is 16.3 Å². The van der Waals surface area contributed by atoms with Crippen LogP contribution in [0.2, 0.25) is 5.02 Å². The maximum Gasteiger partial charge on any atom is 0.179 e. The van der Waals surface area contributed by atoms with E-state index in [9.17, 15) is 12.8 Å². The quantitative estimate of drug-likeness (QED) is 0.904. The molecule has 1 aromatic rings. The molecule has 0 aromatic heterocycles. The first kappa shape index (κ1) is 13.4. The van der Waals surface area contributed by atoms with Gasteiger partial charge < -0.3 is 5.11 Å². The van der Waals surface area contributed by atoms with Crippen molar-refractivity contribution in [1.29, 1.82) is 0 Å². The molecule has 90 valence electrons. The fourth-order valence-corrected chi connectivity index (χ4v) is 2.87. The zero-order valence-corrected chi connectivity index (χ0v) is 10.3. The number of benzene rings is 1. The molecule has 0 saturated carbocycles. The number of aliphatic hydroxyl groups excluding tert-OH is 1. The molecule has 0 aliphatic heterocycles. The van der Waals surface area contributed by atoms with Crippen molar-refractivity contribution in [3.63, 3.8) is 0 Å². The lowest BCUT2D eigenvalue weighted by Crippen LogP contribution is -2.03. The summed E-state index contributed by atoms with van der Waals surface area (Å²) in [4.78, 5) is -0.470. The monoisotopic (exact) mass is 266 g/mol. The predicted molar refractivity (Wildman–Crippen MR) is 59.9 cm³/mol. The Kier molecular flexibility index (Phi) is 4.29. The van der Waals surface area contributed by atoms with Crippen molar-refractivity contribution in [3.8, 4) is 0 Å². The molecule has 6 heteroatoms. The van der Waals surface area contributed by atoms with Crippen LogP contribution < -0.4 is 0 Å². The van der Waals surface area contributed by atoms with E-state index in [4.69, 9.17) is 16.7 Å². The van der Waals surface area contributed by atoms with Gasteiger partial charge in [0.15, 0.2) is 9.84 Å². The van der Waals surface area contributed by atoms with Gasteiger partial charge in [-0.3, -0.25) is 0 Å². The van der Waals surface area contributed by atoms with Gasteiger partial charge in [0.05, 0.1) is 5.02 Å². The van der Waals surface area contributed by atoms with Crippen LogP contribution in [0.3, 0.4) is 0 Å². The molecule has 1 rings (SSSR count). The van der Waals surface area contributed by atoms with Gasteiger partial charge in [-0.15, -0.1) is 0 Å². The highest BCUT2D eigenvalue weighted by molar-refractivity contribution is 7.90. The summed E-state index contributed by atoms with van der Waals surface area (Å²) in [7, 11) is -3.66. The molecular formula is C10H12ClFO3S. The third kappa shape index (κ3) is 3.17. The van der Waals surface area contributed by atoms with Crippen LogP contribution in [-0.4, -0.2) is 26.4 Å². The van der Waals surface area contributed by atoms with Gasteiger partial charge in [0, 0.05) is 12.9 Å². The second-order valence-corrected chi connectivity index (χ2v) is 5.85. The summed E-state index contributed by atoms with van der Waals surface area (Å²) in [6, 6.07) is 2.55. The fourth-order valence-electron chi connectivity index (χ4n) is 1.39. The topological polar surface area (TPSA) is 54.4 Å². The zero-order valence-electron chi connectivity index (χ0n) is 8.70. The van der Waals surface area contributed by atoms with E-state index in [-0.39, 0.29) is 11.6 Å². The Morgan fingerprint density at radius 3 is 2.50 bits per heavy atom. The number of aryl methyl sites for hydroxylation is 1. The molecule has 16 heavy (non-hydrogen) atoms. The van der Waals surface area contributed by atoms with Crippen molar-refractivity contribution in [2.45, 2.75) is 17.7 Å². The Hall–Kier alpha value is -0.650. The Morgan fingerprint density at radius 1 is 1.44 bits per heavy atom. The highest BCUT2D eigenvalue weighted by atomic mass is 35.5. The van der Waals surface area contributed by atoms with Crippen LogP contribution in [0.1, 0.15) is 12.0 Å². The van der Waals surface area contributed by atoms with E-state index >= 15 is 0 Å². The number of hydrogen-bond donors (Lipinski definition) is 1. The molecule has 0 aliphatic rings. The Balaban J connectivity index is 3.18. The minimum Gasteiger partial charge on any atom is -0.396 e. The molecule has 0 amide bonds. The first-order valence-electron chi connectivity index (χ1n) is 4.65. The van der Waals surface area contributed by atoms with Crippen LogP contribution in [0, 0.1) is 5.82 Å². The minimum atomic E-state index is -3.66. The third-order valence-corrected chi connectivity index (χ3v) is 3.62. The van der Waals surface area contributed by atoms with Crippen molar-refractivity contribution < 1.29 is 17.9 Å². The summed E-state index contributed by atoms with van der Waals surface area (Å²) in [5, 5.41) is 8.51. The van der Waals surface area contributed by atoms with Crippen LogP contribution in [0.4, 0.5) is 4.39 Å². The molecule has 0 unspecified atom stereocenters. The van der Waals surface area contributed by atoms with Crippen LogP contribution in [0.5, 0.6) is 0 Å². The largest absolute Gasteiger partial charge is 0.396 e. The molecule has 0 bridgehead atoms. The Morgan fingerprint density at radius 2 is 2.06 bits per heavy atom. The van der Waals surface area contributed by atoms with E-state index in [2.05, 4.69) is 0 Å². The molecule has 3 nitrogen and oxygen atoms in total. The smallest absolute Gasteiger partial charge is 0.179 e. The van der Waals surface area contributed by atoms with Gasteiger partial charge in [0.25, 0.3) is 0 Å². The Bertz CT molecular complexity index is 462. The predicted octanol–water partition coefficient (Wildman–Crippen LogP) is 1.81. The maximum atomic E-state index is 13.5. The van der Waals surface area contributed by atoms with Gasteiger partial charge in [0.1, 0.15) is 10.7 Å². The normalized spacial score (nSPS) is 11.8. The zero-order chi connectivity index (χ0) is 12.3. The number of rotatable bonds is 4. The van der Waals surface area contributed by atoms with Crippen LogP contribution >= 0.6 is 11.6 Å². The standard InChI is InChI=1S/C10H12ClFO3S/c1-16(14,15)10-8(11)5-7(3-2-4-13)6-9(10)12/h5-6,13H,2-4H2,1H3. The van der Waals surface area contributed by atoms with Crippen LogP contribution in [0.25, 0.3) is 0 Å². The SMILES string of the molecule is CS(=O)(=O)c1c(F)cc(CCCO)cc1Cl. The van der Waals surface area contributed by atoms with E-state index < -0.39 is 20.5 Å². The van der Waals surface area contributed by atoms with Crippen molar-refractivity contribution in [3.05, 3.63) is 28.5 Å². The maximum absolute atomic E-state index is 13.5. The van der Waals surface area contributed by atoms with Crippen molar-refractivity contribution in [2.24, 2.45) is 0 Å². The molecule has 0 radical (unpaired) electrons. The van der Waals surface area contributed by atoms with Crippen molar-refractivity contribution in [1.82, 2.24) is 0 Å². The molecule has 0 fully saturated rings. The number of hydrogen-bond acceptors (Lipinski definition) is 3. The van der Waals surface area contributed by atoms with E-state index in [0.717, 1.165) is 12.3 Å². The van der Waals surface area contributed by atoms with E-state index in [1.54, 1.807) is 0 Å². The minimum absolute atomic E-state index is 0.00688. The van der Waals surface area contributed by atoms with Crippen molar-refractivity contribution in [2.75, 3.05) is 12.9 Å². The molecule has 1 N–H and O–H groups in total. The molecule has 0 spiro atoms. The fraction of sp³-hybridized carbons (Fsp3) is 0.400. The average molecular weight is 267 g/mol. The van der Waals surface area contributed by atoms with E-state index in [1.165, 1.54) is 6.07 Å². The molecular weight excluding hydrogens is 255 g/mol. The number of halogens is 2. The van der Waals surface area contributed by atoms with Crippen molar-refractivity contribution >= 4 is 21.4 Å². The second kappa shape index (κ2) is 5.12. The second-order valence-electron chi connectivity index (χ2n) is 3.49. The Labute approximate surface area is 98.8 Å². The van der Waals surface area contributed by atoms with E-state index in [0.29, 0.717) is 18.4 Å². The highest BCUT2D eigenvalue weighted by Crippen LogP contribution is 2.26. The summed E-state index contributed by atoms with van der Waals surface area (Å²) in [6.07, 6.45) is 1.84. The van der Waals surface area contributed by atoms with Gasteiger partial charge in [-0.2, -0.15) is 0 Å². The van der Waals surface area contributed by atoms with E-state index in [1.807, 2.05) is 0 Å². The lowest BCUT2D eigenvalue weighted by atomic mass is 10.1. The first-order valence-corrected chi connectivity index (χ1v) is 6.92. The van der Waals surface area contributed by atoms with Gasteiger partial charge in [-0.25, -0.2) is 12.8 Å². The summed E-state index contributed by atoms with van der Waals surface area (Å²) in [5.74, 6) is -0.845. The number of sulfone groups is 1.